The normalized spacial score (nSPS) is 19.2. The highest BCUT2D eigenvalue weighted by atomic mass is 32.1. The predicted octanol–water partition coefficient (Wildman–Crippen LogP) is 2.77. The zero-order valence-electron chi connectivity index (χ0n) is 10.3. The Labute approximate surface area is 101 Å². The Morgan fingerprint density at radius 3 is 2.50 bits per heavy atom. The van der Waals surface area contributed by atoms with Gasteiger partial charge in [-0.2, -0.15) is 4.37 Å². The molecule has 5 heteroatoms. The third kappa shape index (κ3) is 2.20. The van der Waals surface area contributed by atoms with Crippen LogP contribution in [0.15, 0.2) is 0 Å². The summed E-state index contributed by atoms with van der Waals surface area (Å²) in [6.45, 7) is 6.34. The van der Waals surface area contributed by atoms with Crippen molar-refractivity contribution in [2.75, 3.05) is 12.4 Å². The van der Waals surface area contributed by atoms with Gasteiger partial charge in [-0.05, 0) is 40.0 Å². The molecule has 0 spiro atoms. The van der Waals surface area contributed by atoms with Gasteiger partial charge in [0.1, 0.15) is 5.60 Å². The van der Waals surface area contributed by atoms with Crippen LogP contribution in [0.1, 0.15) is 45.9 Å². The van der Waals surface area contributed by atoms with Crippen LogP contribution in [0.3, 0.4) is 0 Å². The molecule has 16 heavy (non-hydrogen) atoms. The lowest BCUT2D eigenvalue weighted by atomic mass is 9.79. The van der Waals surface area contributed by atoms with E-state index < -0.39 is 0 Å². The largest absolute Gasteiger partial charge is 0.370 e. The maximum Gasteiger partial charge on any atom is 0.203 e. The Morgan fingerprint density at radius 2 is 2.06 bits per heavy atom. The Kier molecular flexibility index (Phi) is 2.92. The van der Waals surface area contributed by atoms with Gasteiger partial charge in [0.15, 0.2) is 5.82 Å². The fourth-order valence-electron chi connectivity index (χ4n) is 1.80. The molecule has 0 amide bonds. The third-order valence-electron chi connectivity index (χ3n) is 2.87. The first-order chi connectivity index (χ1) is 7.45. The van der Waals surface area contributed by atoms with E-state index in [1.165, 1.54) is 18.0 Å². The molecule has 1 aromatic heterocycles. The monoisotopic (exact) mass is 241 g/mol. The van der Waals surface area contributed by atoms with E-state index in [9.17, 15) is 0 Å². The van der Waals surface area contributed by atoms with Crippen molar-refractivity contribution in [2.45, 2.75) is 51.2 Å². The van der Waals surface area contributed by atoms with E-state index in [0.717, 1.165) is 23.8 Å². The van der Waals surface area contributed by atoms with Crippen molar-refractivity contribution in [2.24, 2.45) is 0 Å². The second-order valence-electron chi connectivity index (χ2n) is 5.35. The summed E-state index contributed by atoms with van der Waals surface area (Å²) < 4.78 is 9.97. The maximum atomic E-state index is 5.56. The molecule has 2 rings (SSSR count). The van der Waals surface area contributed by atoms with Gasteiger partial charge in [0.05, 0.1) is 0 Å². The molecule has 4 nitrogen and oxygen atoms in total. The highest BCUT2D eigenvalue weighted by molar-refractivity contribution is 7.09. The van der Waals surface area contributed by atoms with Gasteiger partial charge in [0.2, 0.25) is 5.13 Å². The molecule has 1 saturated carbocycles. The minimum atomic E-state index is -0.200. The Balaban J connectivity index is 2.13. The Morgan fingerprint density at radius 1 is 1.38 bits per heavy atom. The lowest BCUT2D eigenvalue weighted by Gasteiger charge is -2.37. The van der Waals surface area contributed by atoms with Crippen molar-refractivity contribution in [3.05, 3.63) is 5.82 Å². The first-order valence-corrected chi connectivity index (χ1v) is 6.40. The average Bonchev–Trinajstić information content (AvgIpc) is 2.49. The SMILES string of the molecule is COC1(c2nsc(NC(C)(C)C)n2)CCC1. The summed E-state index contributed by atoms with van der Waals surface area (Å²) in [5.74, 6) is 0.845. The third-order valence-corrected chi connectivity index (χ3v) is 3.50. The molecule has 1 fully saturated rings. The molecular formula is C11H19N3OS. The number of rotatable bonds is 3. The van der Waals surface area contributed by atoms with Gasteiger partial charge in [-0.1, -0.05) is 0 Å². The van der Waals surface area contributed by atoms with Crippen molar-refractivity contribution in [1.82, 2.24) is 9.36 Å². The number of hydrogen-bond acceptors (Lipinski definition) is 5. The molecule has 0 unspecified atom stereocenters. The van der Waals surface area contributed by atoms with E-state index in [2.05, 4.69) is 35.4 Å². The summed E-state index contributed by atoms with van der Waals surface area (Å²) in [5.41, 5.74) is -0.176. The number of anilines is 1. The summed E-state index contributed by atoms with van der Waals surface area (Å²) in [4.78, 5) is 4.53. The summed E-state index contributed by atoms with van der Waals surface area (Å²) in [5, 5.41) is 4.22. The Hall–Kier alpha value is -0.680. The standard InChI is InChI=1S/C11H19N3OS/c1-10(2,3)13-9-12-8(14-16-9)11(15-4)6-5-7-11/h5-7H2,1-4H3,(H,12,13,14). The summed E-state index contributed by atoms with van der Waals surface area (Å²) in [6, 6.07) is 0. The van der Waals surface area contributed by atoms with E-state index in [1.54, 1.807) is 7.11 Å². The van der Waals surface area contributed by atoms with E-state index in [-0.39, 0.29) is 11.1 Å². The van der Waals surface area contributed by atoms with Crippen molar-refractivity contribution in [1.29, 1.82) is 0 Å². The molecule has 1 heterocycles. The highest BCUT2D eigenvalue weighted by Gasteiger charge is 2.42. The molecule has 0 bridgehead atoms. The minimum absolute atomic E-state index is 0.0245. The molecule has 90 valence electrons. The van der Waals surface area contributed by atoms with Crippen molar-refractivity contribution >= 4 is 16.7 Å². The fraction of sp³-hybridized carbons (Fsp3) is 0.818. The smallest absolute Gasteiger partial charge is 0.203 e. The van der Waals surface area contributed by atoms with Crippen LogP contribution < -0.4 is 5.32 Å². The average molecular weight is 241 g/mol. The van der Waals surface area contributed by atoms with Crippen LogP contribution in [0, 0.1) is 0 Å². The van der Waals surface area contributed by atoms with Gasteiger partial charge in [-0.3, -0.25) is 0 Å². The quantitative estimate of drug-likeness (QED) is 0.884. The second-order valence-corrected chi connectivity index (χ2v) is 6.10. The number of methoxy groups -OCH3 is 1. The highest BCUT2D eigenvalue weighted by Crippen LogP contribution is 2.43. The number of nitrogens with one attached hydrogen (secondary N) is 1. The van der Waals surface area contributed by atoms with Gasteiger partial charge in [0, 0.05) is 24.2 Å². The zero-order valence-corrected chi connectivity index (χ0v) is 11.1. The lowest BCUT2D eigenvalue weighted by molar-refractivity contribution is -0.0837. The van der Waals surface area contributed by atoms with Crippen LogP contribution in [0.25, 0.3) is 0 Å². The molecule has 1 aliphatic carbocycles. The van der Waals surface area contributed by atoms with Gasteiger partial charge >= 0.3 is 0 Å². The van der Waals surface area contributed by atoms with Gasteiger partial charge in [-0.15, -0.1) is 0 Å². The number of ether oxygens (including phenoxy) is 1. The first kappa shape index (κ1) is 11.8. The minimum Gasteiger partial charge on any atom is -0.370 e. The van der Waals surface area contributed by atoms with Crippen LogP contribution in [0.5, 0.6) is 0 Å². The summed E-state index contributed by atoms with van der Waals surface area (Å²) >= 11 is 1.42. The van der Waals surface area contributed by atoms with Gasteiger partial charge < -0.3 is 10.1 Å². The first-order valence-electron chi connectivity index (χ1n) is 5.63. The van der Waals surface area contributed by atoms with Crippen LogP contribution in [0.4, 0.5) is 5.13 Å². The number of hydrogen-bond donors (Lipinski definition) is 1. The van der Waals surface area contributed by atoms with E-state index in [1.807, 2.05) is 0 Å². The lowest BCUT2D eigenvalue weighted by Crippen LogP contribution is -2.37. The predicted molar refractivity (Wildman–Crippen MR) is 65.8 cm³/mol. The van der Waals surface area contributed by atoms with E-state index >= 15 is 0 Å². The number of nitrogens with zero attached hydrogens (tertiary/aromatic N) is 2. The summed E-state index contributed by atoms with van der Waals surface area (Å²) in [7, 11) is 1.75. The molecule has 1 N–H and O–H groups in total. The van der Waals surface area contributed by atoms with Crippen LogP contribution >= 0.6 is 11.5 Å². The second kappa shape index (κ2) is 3.96. The molecule has 1 aromatic rings. The maximum absolute atomic E-state index is 5.56. The van der Waals surface area contributed by atoms with Crippen molar-refractivity contribution < 1.29 is 4.74 Å². The molecule has 0 aromatic carbocycles. The van der Waals surface area contributed by atoms with E-state index in [4.69, 9.17) is 4.74 Å². The van der Waals surface area contributed by atoms with Crippen LogP contribution in [0.2, 0.25) is 0 Å². The molecule has 0 radical (unpaired) electrons. The molecule has 0 atom stereocenters. The van der Waals surface area contributed by atoms with Gasteiger partial charge in [-0.25, -0.2) is 4.98 Å². The fourth-order valence-corrected chi connectivity index (χ4v) is 2.66. The van der Waals surface area contributed by atoms with E-state index in [0.29, 0.717) is 0 Å². The van der Waals surface area contributed by atoms with Crippen molar-refractivity contribution in [3.63, 3.8) is 0 Å². The molecule has 1 aliphatic rings. The summed E-state index contributed by atoms with van der Waals surface area (Å²) in [6.07, 6.45) is 3.28. The topological polar surface area (TPSA) is 47.0 Å². The van der Waals surface area contributed by atoms with Gasteiger partial charge in [0.25, 0.3) is 0 Å². The molecule has 0 saturated heterocycles. The number of aromatic nitrogens is 2. The van der Waals surface area contributed by atoms with Crippen molar-refractivity contribution in [3.8, 4) is 0 Å². The van der Waals surface area contributed by atoms with Crippen LogP contribution in [-0.2, 0) is 10.3 Å². The molecular weight excluding hydrogens is 222 g/mol. The zero-order chi connectivity index (χ0) is 11.8. The molecule has 0 aliphatic heterocycles. The van der Waals surface area contributed by atoms with Crippen LogP contribution in [-0.4, -0.2) is 22.0 Å². The Bertz CT molecular complexity index is 360.